The predicted octanol–water partition coefficient (Wildman–Crippen LogP) is 1.85. The summed E-state index contributed by atoms with van der Waals surface area (Å²) in [5, 5.41) is 16.2. The summed E-state index contributed by atoms with van der Waals surface area (Å²) in [5.74, 6) is 0.301. The van der Waals surface area contributed by atoms with Crippen molar-refractivity contribution in [1.29, 1.82) is 0 Å². The minimum absolute atomic E-state index is 0.0922. The van der Waals surface area contributed by atoms with Crippen LogP contribution in [-0.2, 0) is 14.3 Å². The van der Waals surface area contributed by atoms with Crippen molar-refractivity contribution >= 4 is 5.97 Å². The van der Waals surface area contributed by atoms with Crippen molar-refractivity contribution in [2.75, 3.05) is 6.79 Å². The molecule has 2 heterocycles. The van der Waals surface area contributed by atoms with E-state index in [0.717, 1.165) is 16.9 Å². The first-order chi connectivity index (χ1) is 8.24. The van der Waals surface area contributed by atoms with Gasteiger partial charge in [0.25, 0.3) is 0 Å². The molecule has 0 unspecified atom stereocenters. The van der Waals surface area contributed by atoms with E-state index in [1.165, 1.54) is 6.08 Å². The van der Waals surface area contributed by atoms with Gasteiger partial charge >= 0.3 is 5.97 Å². The lowest BCUT2D eigenvalue weighted by Gasteiger charge is -2.12. The standard InChI is InChI=1S/C11H8N2O4/c14-11(15)8-1-6-2-9-10(17-5-16-9)3-7(6)4-12-13-8/h1-2,4H,3,5H2,(H,14,15). The lowest BCUT2D eigenvalue weighted by Crippen LogP contribution is -2.01. The quantitative estimate of drug-likeness (QED) is 0.748. The first-order valence-corrected chi connectivity index (χ1v) is 5.00. The van der Waals surface area contributed by atoms with Crippen LogP contribution in [0.1, 0.15) is 6.42 Å². The van der Waals surface area contributed by atoms with Gasteiger partial charge in [-0.2, -0.15) is 5.11 Å². The second kappa shape index (κ2) is 3.58. The van der Waals surface area contributed by atoms with Gasteiger partial charge in [-0.1, -0.05) is 0 Å². The molecule has 17 heavy (non-hydrogen) atoms. The minimum atomic E-state index is -1.10. The smallest absolute Gasteiger partial charge is 0.356 e. The first kappa shape index (κ1) is 9.83. The lowest BCUT2D eigenvalue weighted by molar-refractivity contribution is -0.132. The number of hydrogen-bond donors (Lipinski definition) is 1. The third-order valence-electron chi connectivity index (χ3n) is 2.62. The Morgan fingerprint density at radius 2 is 2.24 bits per heavy atom. The summed E-state index contributed by atoms with van der Waals surface area (Å²) in [6.45, 7) is 0.207. The predicted molar refractivity (Wildman–Crippen MR) is 55.4 cm³/mol. The molecule has 86 valence electrons. The highest BCUT2D eigenvalue weighted by Crippen LogP contribution is 2.35. The summed E-state index contributed by atoms with van der Waals surface area (Å²) in [6.07, 6.45) is 5.32. The topological polar surface area (TPSA) is 80.5 Å². The number of hydrogen-bond acceptors (Lipinski definition) is 5. The summed E-state index contributed by atoms with van der Waals surface area (Å²) >= 11 is 0. The molecule has 2 aliphatic heterocycles. The molecule has 1 aliphatic carbocycles. The van der Waals surface area contributed by atoms with Crippen LogP contribution >= 0.6 is 0 Å². The van der Waals surface area contributed by atoms with E-state index in [1.54, 1.807) is 12.3 Å². The molecule has 3 rings (SSSR count). The van der Waals surface area contributed by atoms with Crippen LogP contribution in [0.2, 0.25) is 0 Å². The zero-order chi connectivity index (χ0) is 11.8. The monoisotopic (exact) mass is 232 g/mol. The molecular formula is C11H8N2O4. The Morgan fingerprint density at radius 3 is 3.06 bits per heavy atom. The van der Waals surface area contributed by atoms with Crippen molar-refractivity contribution in [3.05, 3.63) is 46.7 Å². The van der Waals surface area contributed by atoms with Gasteiger partial charge in [0.1, 0.15) is 5.76 Å². The molecule has 0 saturated heterocycles. The van der Waals surface area contributed by atoms with Crippen molar-refractivity contribution in [2.45, 2.75) is 6.42 Å². The highest BCUT2D eigenvalue weighted by molar-refractivity contribution is 5.87. The van der Waals surface area contributed by atoms with E-state index < -0.39 is 5.97 Å². The molecule has 6 nitrogen and oxygen atoms in total. The highest BCUT2D eigenvalue weighted by atomic mass is 16.7. The van der Waals surface area contributed by atoms with Crippen LogP contribution in [0.25, 0.3) is 0 Å². The fourth-order valence-corrected chi connectivity index (χ4v) is 1.78. The average Bonchev–Trinajstić information content (AvgIpc) is 2.63. The van der Waals surface area contributed by atoms with Crippen LogP contribution in [0.4, 0.5) is 0 Å². The van der Waals surface area contributed by atoms with Gasteiger partial charge in [-0.3, -0.25) is 0 Å². The molecule has 0 radical (unpaired) electrons. The van der Waals surface area contributed by atoms with Gasteiger partial charge in [0, 0.05) is 6.42 Å². The molecule has 3 aliphatic rings. The number of rotatable bonds is 1. The highest BCUT2D eigenvalue weighted by Gasteiger charge is 2.25. The third kappa shape index (κ3) is 1.63. The Hall–Kier alpha value is -2.37. The van der Waals surface area contributed by atoms with Crippen molar-refractivity contribution < 1.29 is 19.4 Å². The molecule has 0 amide bonds. The van der Waals surface area contributed by atoms with Gasteiger partial charge in [0.05, 0.1) is 6.20 Å². The number of ether oxygens (including phenoxy) is 2. The van der Waals surface area contributed by atoms with Gasteiger partial charge in [-0.05, 0) is 23.3 Å². The second-order valence-corrected chi connectivity index (χ2v) is 3.67. The average molecular weight is 232 g/mol. The minimum Gasteiger partial charge on any atom is -0.476 e. The van der Waals surface area contributed by atoms with Crippen LogP contribution < -0.4 is 0 Å². The fraction of sp³-hybridized carbons (Fsp3) is 0.182. The van der Waals surface area contributed by atoms with E-state index >= 15 is 0 Å². The Morgan fingerprint density at radius 1 is 1.35 bits per heavy atom. The van der Waals surface area contributed by atoms with Crippen molar-refractivity contribution in [3.63, 3.8) is 0 Å². The molecule has 6 heteroatoms. The lowest BCUT2D eigenvalue weighted by atomic mass is 9.96. The number of fused-ring (bicyclic) bond motifs is 1. The van der Waals surface area contributed by atoms with E-state index in [9.17, 15) is 4.79 Å². The summed E-state index contributed by atoms with van der Waals surface area (Å²) in [4.78, 5) is 10.9. The summed E-state index contributed by atoms with van der Waals surface area (Å²) in [7, 11) is 0. The van der Waals surface area contributed by atoms with Crippen LogP contribution in [-0.4, -0.2) is 17.9 Å². The zero-order valence-electron chi connectivity index (χ0n) is 8.71. The largest absolute Gasteiger partial charge is 0.476 e. The number of nitrogens with zero attached hydrogens (tertiary/aromatic N) is 2. The SMILES string of the molecule is O=C(O)C1=CC2=CC3=C(CC2=CN=N1)OCO3. The van der Waals surface area contributed by atoms with E-state index in [1.807, 2.05) is 0 Å². The molecule has 0 aromatic rings. The van der Waals surface area contributed by atoms with Crippen molar-refractivity contribution in [1.82, 2.24) is 0 Å². The second-order valence-electron chi connectivity index (χ2n) is 3.67. The third-order valence-corrected chi connectivity index (χ3v) is 2.62. The number of azo groups is 1. The van der Waals surface area contributed by atoms with Crippen LogP contribution in [0.15, 0.2) is 56.9 Å². The molecule has 0 saturated carbocycles. The molecule has 0 aromatic carbocycles. The summed E-state index contributed by atoms with van der Waals surface area (Å²) < 4.78 is 10.5. The van der Waals surface area contributed by atoms with E-state index in [2.05, 4.69) is 10.2 Å². The number of carboxylic acids is 1. The Balaban J connectivity index is 2.05. The Bertz CT molecular complexity index is 552. The van der Waals surface area contributed by atoms with Gasteiger partial charge in [0.15, 0.2) is 11.5 Å². The number of carboxylic acid groups (broad SMARTS) is 1. The maximum absolute atomic E-state index is 10.9. The van der Waals surface area contributed by atoms with Gasteiger partial charge in [-0.15, -0.1) is 5.11 Å². The van der Waals surface area contributed by atoms with Gasteiger partial charge < -0.3 is 14.6 Å². The molecule has 0 bridgehead atoms. The van der Waals surface area contributed by atoms with Crippen molar-refractivity contribution in [2.24, 2.45) is 10.2 Å². The molecule has 0 fully saturated rings. The Kier molecular flexibility index (Phi) is 2.07. The van der Waals surface area contributed by atoms with Crippen LogP contribution in [0, 0.1) is 0 Å². The van der Waals surface area contributed by atoms with Gasteiger partial charge in [0.2, 0.25) is 6.79 Å². The molecule has 0 atom stereocenters. The van der Waals surface area contributed by atoms with Crippen LogP contribution in [0.3, 0.4) is 0 Å². The molecular weight excluding hydrogens is 224 g/mol. The zero-order valence-corrected chi connectivity index (χ0v) is 8.71. The van der Waals surface area contributed by atoms with Gasteiger partial charge in [-0.25, -0.2) is 4.79 Å². The number of aliphatic carboxylic acids is 1. The van der Waals surface area contributed by atoms with E-state index in [-0.39, 0.29) is 12.5 Å². The van der Waals surface area contributed by atoms with E-state index in [0.29, 0.717) is 12.2 Å². The molecule has 1 N–H and O–H groups in total. The first-order valence-electron chi connectivity index (χ1n) is 5.00. The molecule has 0 aromatic heterocycles. The summed E-state index contributed by atoms with van der Waals surface area (Å²) in [6, 6.07) is 0. The normalized spacial score (nSPS) is 21.3. The number of carbonyl (C=O) groups is 1. The van der Waals surface area contributed by atoms with E-state index in [4.69, 9.17) is 14.6 Å². The van der Waals surface area contributed by atoms with Crippen LogP contribution in [0.5, 0.6) is 0 Å². The maximum Gasteiger partial charge on any atom is 0.356 e. The number of allylic oxidation sites excluding steroid dienone is 4. The molecule has 0 spiro atoms. The van der Waals surface area contributed by atoms with Crippen molar-refractivity contribution in [3.8, 4) is 0 Å². The maximum atomic E-state index is 10.9. The Labute approximate surface area is 96.2 Å². The fourth-order valence-electron chi connectivity index (χ4n) is 1.78. The summed E-state index contributed by atoms with van der Waals surface area (Å²) in [5.41, 5.74) is 1.52.